The lowest BCUT2D eigenvalue weighted by Gasteiger charge is -2.18. The predicted octanol–water partition coefficient (Wildman–Crippen LogP) is 4.90. The Kier molecular flexibility index (Phi) is 6.93. The molecule has 2 N–H and O–H groups in total. The van der Waals surface area contributed by atoms with Crippen molar-refractivity contribution >= 4 is 33.2 Å². The molecule has 8 heteroatoms. The molecule has 35 heavy (non-hydrogen) atoms. The van der Waals surface area contributed by atoms with Crippen LogP contribution in [0.5, 0.6) is 0 Å². The summed E-state index contributed by atoms with van der Waals surface area (Å²) in [5.74, 6) is -0.613. The molecule has 0 aliphatic carbocycles. The highest BCUT2D eigenvalue weighted by molar-refractivity contribution is 7.92. The smallest absolute Gasteiger partial charge is 0.262 e. The first kappa shape index (κ1) is 24.5. The summed E-state index contributed by atoms with van der Waals surface area (Å²) in [4.78, 5) is 27.8. The normalized spacial score (nSPS) is 13.5. The first-order chi connectivity index (χ1) is 16.6. The van der Waals surface area contributed by atoms with Gasteiger partial charge >= 0.3 is 0 Å². The lowest BCUT2D eigenvalue weighted by atomic mass is 10.1. The van der Waals surface area contributed by atoms with Crippen molar-refractivity contribution in [2.75, 3.05) is 23.1 Å². The van der Waals surface area contributed by atoms with E-state index in [1.807, 2.05) is 19.9 Å². The monoisotopic (exact) mass is 491 g/mol. The van der Waals surface area contributed by atoms with Crippen LogP contribution in [0.25, 0.3) is 0 Å². The van der Waals surface area contributed by atoms with Crippen molar-refractivity contribution in [1.82, 2.24) is 4.90 Å². The second-order valence-electron chi connectivity index (χ2n) is 8.96. The standard InChI is InChI=1S/C27H29N3O4S/c1-18-14-19(2)16-22(15-18)29-35(33,34)25-17-21(11-10-20(25)3)26(31)28-24-9-5-4-8-23(24)27(32)30-12-6-7-13-30/h4-5,8-11,14-17,29H,6-7,12-13H2,1-3H3,(H,28,31). The van der Waals surface area contributed by atoms with Gasteiger partial charge in [0.2, 0.25) is 0 Å². The molecule has 1 saturated heterocycles. The Bertz CT molecular complexity index is 1370. The highest BCUT2D eigenvalue weighted by Crippen LogP contribution is 2.24. The van der Waals surface area contributed by atoms with E-state index in [1.165, 1.54) is 6.07 Å². The Labute approximate surface area is 206 Å². The Balaban J connectivity index is 1.59. The molecule has 1 fully saturated rings. The maximum Gasteiger partial charge on any atom is 0.262 e. The molecule has 1 aliphatic heterocycles. The van der Waals surface area contributed by atoms with Crippen LogP contribution >= 0.6 is 0 Å². The van der Waals surface area contributed by atoms with Crippen LogP contribution in [0.2, 0.25) is 0 Å². The number of para-hydroxylation sites is 1. The number of anilines is 2. The summed E-state index contributed by atoms with van der Waals surface area (Å²) < 4.78 is 29.0. The van der Waals surface area contributed by atoms with E-state index in [0.717, 1.165) is 24.0 Å². The van der Waals surface area contributed by atoms with Crippen LogP contribution in [0.15, 0.2) is 65.6 Å². The summed E-state index contributed by atoms with van der Waals surface area (Å²) >= 11 is 0. The highest BCUT2D eigenvalue weighted by atomic mass is 32.2. The molecule has 0 spiro atoms. The van der Waals surface area contributed by atoms with Gasteiger partial charge in [-0.3, -0.25) is 14.3 Å². The van der Waals surface area contributed by atoms with Gasteiger partial charge in [-0.15, -0.1) is 0 Å². The third kappa shape index (κ3) is 5.54. The van der Waals surface area contributed by atoms with E-state index in [2.05, 4.69) is 10.0 Å². The van der Waals surface area contributed by atoms with Crippen molar-refractivity contribution in [2.45, 2.75) is 38.5 Å². The Morgan fingerprint density at radius 2 is 1.51 bits per heavy atom. The number of nitrogens with zero attached hydrogens (tertiary/aromatic N) is 1. The SMILES string of the molecule is Cc1cc(C)cc(NS(=O)(=O)c2cc(C(=O)Nc3ccccc3C(=O)N3CCCC3)ccc2C)c1. The number of carbonyl (C=O) groups excluding carboxylic acids is 2. The van der Waals surface area contributed by atoms with E-state index < -0.39 is 15.9 Å². The average molecular weight is 492 g/mol. The molecule has 3 aromatic rings. The van der Waals surface area contributed by atoms with Gasteiger partial charge in [0.1, 0.15) is 0 Å². The molecule has 0 saturated carbocycles. The minimum Gasteiger partial charge on any atom is -0.339 e. The molecule has 1 aliphatic rings. The number of carbonyl (C=O) groups is 2. The number of aryl methyl sites for hydroxylation is 3. The Morgan fingerprint density at radius 3 is 2.20 bits per heavy atom. The molecule has 1 heterocycles. The molecule has 7 nitrogen and oxygen atoms in total. The Morgan fingerprint density at radius 1 is 0.857 bits per heavy atom. The molecule has 0 aromatic heterocycles. The molecule has 4 rings (SSSR count). The van der Waals surface area contributed by atoms with Gasteiger partial charge < -0.3 is 10.2 Å². The van der Waals surface area contributed by atoms with E-state index >= 15 is 0 Å². The lowest BCUT2D eigenvalue weighted by Crippen LogP contribution is -2.28. The average Bonchev–Trinajstić information content (AvgIpc) is 3.33. The van der Waals surface area contributed by atoms with Crippen LogP contribution < -0.4 is 10.0 Å². The number of amides is 2. The van der Waals surface area contributed by atoms with Crippen molar-refractivity contribution in [1.29, 1.82) is 0 Å². The summed E-state index contributed by atoms with van der Waals surface area (Å²) in [5.41, 5.74) is 3.85. The van der Waals surface area contributed by atoms with Crippen LogP contribution in [-0.2, 0) is 10.0 Å². The van der Waals surface area contributed by atoms with E-state index in [1.54, 1.807) is 60.4 Å². The van der Waals surface area contributed by atoms with Crippen molar-refractivity contribution in [3.8, 4) is 0 Å². The number of nitrogens with one attached hydrogen (secondary N) is 2. The summed E-state index contributed by atoms with van der Waals surface area (Å²) in [7, 11) is -3.93. The topological polar surface area (TPSA) is 95.6 Å². The number of rotatable bonds is 6. The van der Waals surface area contributed by atoms with Crippen molar-refractivity contribution in [3.63, 3.8) is 0 Å². The zero-order valence-electron chi connectivity index (χ0n) is 20.1. The molecule has 0 unspecified atom stereocenters. The van der Waals surface area contributed by atoms with Crippen LogP contribution in [0.4, 0.5) is 11.4 Å². The largest absolute Gasteiger partial charge is 0.339 e. The molecule has 0 bridgehead atoms. The quantitative estimate of drug-likeness (QED) is 0.513. The Hall–Kier alpha value is -3.65. The molecule has 182 valence electrons. The van der Waals surface area contributed by atoms with E-state index in [0.29, 0.717) is 35.6 Å². The number of benzene rings is 3. The fraction of sp³-hybridized carbons (Fsp3) is 0.259. The molecule has 0 radical (unpaired) electrons. The van der Waals surface area contributed by atoms with Crippen LogP contribution in [0.1, 0.15) is 50.2 Å². The van der Waals surface area contributed by atoms with Crippen molar-refractivity contribution in [3.05, 3.63) is 88.5 Å². The fourth-order valence-electron chi connectivity index (χ4n) is 4.34. The second-order valence-corrected chi connectivity index (χ2v) is 10.6. The number of hydrogen-bond acceptors (Lipinski definition) is 4. The van der Waals surface area contributed by atoms with Gasteiger partial charge in [-0.25, -0.2) is 8.42 Å². The second kappa shape index (κ2) is 9.92. The summed E-state index contributed by atoms with van der Waals surface area (Å²) in [6, 6.07) is 16.9. The number of hydrogen-bond donors (Lipinski definition) is 2. The fourth-order valence-corrected chi connectivity index (χ4v) is 5.65. The van der Waals surface area contributed by atoms with Crippen LogP contribution in [0.3, 0.4) is 0 Å². The van der Waals surface area contributed by atoms with Gasteiger partial charge in [-0.05, 0) is 86.7 Å². The zero-order chi connectivity index (χ0) is 25.2. The molecule has 2 amide bonds. The lowest BCUT2D eigenvalue weighted by molar-refractivity contribution is 0.0794. The van der Waals surface area contributed by atoms with Gasteiger partial charge in [-0.2, -0.15) is 0 Å². The predicted molar refractivity (Wildman–Crippen MR) is 137 cm³/mol. The molecule has 3 aromatic carbocycles. The van der Waals surface area contributed by atoms with Crippen LogP contribution in [-0.4, -0.2) is 38.2 Å². The zero-order valence-corrected chi connectivity index (χ0v) is 20.9. The number of sulfonamides is 1. The van der Waals surface area contributed by atoms with Gasteiger partial charge in [-0.1, -0.05) is 24.3 Å². The maximum atomic E-state index is 13.2. The highest BCUT2D eigenvalue weighted by Gasteiger charge is 2.23. The molecular weight excluding hydrogens is 462 g/mol. The van der Waals surface area contributed by atoms with Crippen LogP contribution in [0, 0.1) is 20.8 Å². The van der Waals surface area contributed by atoms with E-state index in [9.17, 15) is 18.0 Å². The molecular formula is C27H29N3O4S. The van der Waals surface area contributed by atoms with Crippen molar-refractivity contribution < 1.29 is 18.0 Å². The minimum atomic E-state index is -3.93. The maximum absolute atomic E-state index is 13.2. The third-order valence-electron chi connectivity index (χ3n) is 6.01. The van der Waals surface area contributed by atoms with Crippen molar-refractivity contribution in [2.24, 2.45) is 0 Å². The third-order valence-corrected chi connectivity index (χ3v) is 7.54. The summed E-state index contributed by atoms with van der Waals surface area (Å²) in [6.07, 6.45) is 1.94. The first-order valence-corrected chi connectivity index (χ1v) is 13.0. The summed E-state index contributed by atoms with van der Waals surface area (Å²) in [6.45, 7) is 6.88. The van der Waals surface area contributed by atoms with Gasteiger partial charge in [0.05, 0.1) is 16.1 Å². The minimum absolute atomic E-state index is 0.0192. The first-order valence-electron chi connectivity index (χ1n) is 11.6. The van der Waals surface area contributed by atoms with E-state index in [4.69, 9.17) is 0 Å². The summed E-state index contributed by atoms with van der Waals surface area (Å²) in [5, 5.41) is 2.79. The van der Waals surface area contributed by atoms with Gasteiger partial charge in [0, 0.05) is 24.3 Å². The molecule has 0 atom stereocenters. The van der Waals surface area contributed by atoms with Gasteiger partial charge in [0.25, 0.3) is 21.8 Å². The van der Waals surface area contributed by atoms with E-state index in [-0.39, 0.29) is 16.4 Å². The van der Waals surface area contributed by atoms with Gasteiger partial charge in [0.15, 0.2) is 0 Å². The number of likely N-dealkylation sites (tertiary alicyclic amines) is 1.